The van der Waals surface area contributed by atoms with Crippen molar-refractivity contribution >= 4 is 51.2 Å². The van der Waals surface area contributed by atoms with Crippen molar-refractivity contribution in [3.05, 3.63) is 354 Å². The molecule has 0 bridgehead atoms. The monoisotopic (exact) mass is 1130 g/mol. The van der Waals surface area contributed by atoms with E-state index in [-0.39, 0.29) is 10.8 Å². The molecule has 0 aromatic heterocycles. The molecule has 0 N–H and O–H groups in total. The Balaban J connectivity index is 0.915. The summed E-state index contributed by atoms with van der Waals surface area (Å²) in [6.07, 6.45) is 0. The Kier molecular flexibility index (Phi) is 11.5. The van der Waals surface area contributed by atoms with Gasteiger partial charge in [-0.2, -0.15) is 0 Å². The summed E-state index contributed by atoms with van der Waals surface area (Å²) in [5.41, 5.74) is 31.9. The second kappa shape index (κ2) is 19.7. The number of rotatable bonds is 10. The van der Waals surface area contributed by atoms with Crippen molar-refractivity contribution in [3.8, 4) is 55.6 Å². The van der Waals surface area contributed by atoms with Crippen molar-refractivity contribution in [2.24, 2.45) is 0 Å². The van der Waals surface area contributed by atoms with Gasteiger partial charge in [0.05, 0.1) is 5.41 Å². The predicted molar refractivity (Wildman–Crippen MR) is 367 cm³/mol. The van der Waals surface area contributed by atoms with Crippen LogP contribution in [0.25, 0.3) is 55.6 Å². The largest absolute Gasteiger partial charge is 0.310 e. The first kappa shape index (κ1) is 51.7. The van der Waals surface area contributed by atoms with E-state index in [0.717, 1.165) is 62.3 Å². The zero-order chi connectivity index (χ0) is 58.9. The molecule has 13 aromatic carbocycles. The molecule has 4 aliphatic rings. The maximum absolute atomic E-state index is 2.55. The van der Waals surface area contributed by atoms with Crippen molar-refractivity contribution in [1.29, 1.82) is 0 Å². The lowest BCUT2D eigenvalue weighted by molar-refractivity contribution is 0.660. The summed E-state index contributed by atoms with van der Waals surface area (Å²) < 4.78 is 0. The van der Waals surface area contributed by atoms with E-state index in [1.54, 1.807) is 0 Å². The molecule has 0 atom stereocenters. The highest BCUT2D eigenvalue weighted by Crippen LogP contribution is 2.64. The zero-order valence-electron chi connectivity index (χ0n) is 49.8. The van der Waals surface area contributed by atoms with Crippen LogP contribution in [0.4, 0.5) is 51.2 Å². The van der Waals surface area contributed by atoms with Crippen LogP contribution in [0.2, 0.25) is 0 Å². The first-order valence-electron chi connectivity index (χ1n) is 30.9. The van der Waals surface area contributed by atoms with E-state index in [1.165, 1.54) is 89.0 Å². The number of para-hydroxylation sites is 4. The van der Waals surface area contributed by atoms with Crippen LogP contribution in [0.3, 0.4) is 0 Å². The van der Waals surface area contributed by atoms with Gasteiger partial charge in [0.25, 0.3) is 0 Å². The highest BCUT2D eigenvalue weighted by molar-refractivity contribution is 5.99. The molecule has 0 aliphatic heterocycles. The summed E-state index contributed by atoms with van der Waals surface area (Å²) in [6.45, 7) is 9.52. The van der Waals surface area contributed by atoms with E-state index in [1.807, 2.05) is 0 Å². The minimum atomic E-state index is -0.626. The van der Waals surface area contributed by atoms with Crippen molar-refractivity contribution in [3.63, 3.8) is 0 Å². The Hall–Kier alpha value is -10.7. The first-order valence-corrected chi connectivity index (χ1v) is 30.9. The highest BCUT2D eigenvalue weighted by Gasteiger charge is 2.52. The molecular weight excluding hydrogens is 1060 g/mol. The normalized spacial score (nSPS) is 14.2. The molecular formula is C85H63N3. The van der Waals surface area contributed by atoms with Gasteiger partial charge in [0.15, 0.2) is 0 Å². The zero-order valence-corrected chi connectivity index (χ0v) is 49.8. The van der Waals surface area contributed by atoms with Crippen molar-refractivity contribution < 1.29 is 0 Å². The molecule has 0 amide bonds. The SMILES string of the molecule is CC1(C)c2ccccc2-c2ccc(N(c3ccccc3)c3cc(-c4ccc5c(c4)C4(c6ccccc6-c6ccccc64)c4cc(N(c6ccccc6)c6ccccc6)ccc4-5)cc(N(c4ccccc4)c4ccc5c(c4)C(C)(C)c4ccccc4-5)c3)cc21. The van der Waals surface area contributed by atoms with Crippen LogP contribution in [0, 0.1) is 0 Å². The number of nitrogens with zero attached hydrogens (tertiary/aromatic N) is 3. The van der Waals surface area contributed by atoms with Crippen LogP contribution in [-0.4, -0.2) is 0 Å². The first-order chi connectivity index (χ1) is 43.2. The third-order valence-electron chi connectivity index (χ3n) is 19.8. The van der Waals surface area contributed by atoms with Crippen LogP contribution in [0.5, 0.6) is 0 Å². The molecule has 13 aromatic rings. The molecule has 17 rings (SSSR count). The molecule has 4 aliphatic carbocycles. The molecule has 3 nitrogen and oxygen atoms in total. The maximum atomic E-state index is 2.55. The molecule has 3 heteroatoms. The van der Waals surface area contributed by atoms with E-state index in [2.05, 4.69) is 352 Å². The van der Waals surface area contributed by atoms with E-state index in [9.17, 15) is 0 Å². The Labute approximate surface area is 516 Å². The second-order valence-electron chi connectivity index (χ2n) is 25.2. The molecule has 418 valence electrons. The minimum absolute atomic E-state index is 0.194. The molecule has 0 saturated carbocycles. The fraction of sp³-hybridized carbons (Fsp3) is 0.0824. The van der Waals surface area contributed by atoms with E-state index in [0.29, 0.717) is 0 Å². The van der Waals surface area contributed by atoms with Crippen LogP contribution in [-0.2, 0) is 16.2 Å². The number of fused-ring (bicyclic) bond motifs is 16. The molecule has 0 fully saturated rings. The summed E-state index contributed by atoms with van der Waals surface area (Å²) in [5.74, 6) is 0. The third kappa shape index (κ3) is 7.63. The van der Waals surface area contributed by atoms with E-state index in [4.69, 9.17) is 0 Å². The smallest absolute Gasteiger partial charge is 0.0726 e. The summed E-state index contributed by atoms with van der Waals surface area (Å²) in [6, 6.07) is 116. The molecule has 0 saturated heterocycles. The van der Waals surface area contributed by atoms with Gasteiger partial charge in [0.2, 0.25) is 0 Å². The predicted octanol–water partition coefficient (Wildman–Crippen LogP) is 22.7. The number of hydrogen-bond acceptors (Lipinski definition) is 3. The lowest BCUT2D eigenvalue weighted by Crippen LogP contribution is -2.26. The van der Waals surface area contributed by atoms with Crippen molar-refractivity contribution in [1.82, 2.24) is 0 Å². The number of anilines is 9. The van der Waals surface area contributed by atoms with Crippen molar-refractivity contribution in [2.45, 2.75) is 43.9 Å². The van der Waals surface area contributed by atoms with Gasteiger partial charge < -0.3 is 14.7 Å². The minimum Gasteiger partial charge on any atom is -0.310 e. The average molecular weight is 1130 g/mol. The molecule has 0 heterocycles. The Morgan fingerprint density at radius 2 is 0.466 bits per heavy atom. The number of hydrogen-bond donors (Lipinski definition) is 0. The summed E-state index contributed by atoms with van der Waals surface area (Å²) in [5, 5.41) is 0. The fourth-order valence-corrected chi connectivity index (χ4v) is 15.8. The fourth-order valence-electron chi connectivity index (χ4n) is 15.8. The molecule has 88 heavy (non-hydrogen) atoms. The lowest BCUT2D eigenvalue weighted by Gasteiger charge is -2.33. The van der Waals surface area contributed by atoms with Gasteiger partial charge in [-0.1, -0.05) is 228 Å². The Bertz CT molecular complexity index is 4670. The molecule has 0 unspecified atom stereocenters. The van der Waals surface area contributed by atoms with Gasteiger partial charge in [-0.25, -0.2) is 0 Å². The standard InChI is InChI=1S/C85H63N3/c1-83(2)75-37-21-17-33-67(75)71-46-42-62(53-79(71)83)87(60-29-13-7-14-30-60)65-49-57(50-66(52-65)88(61-31-15-8-16-32-61)63-43-47-72-68-34-18-22-38-76(68)84(3,4)80(72)54-63)56-41-45-73-74-48-44-64(86(58-25-9-5-10-26-58)59-27-11-6-12-28-59)55-82(74)85(81(73)51-56)77-39-23-19-35-69(77)70-36-20-24-40-78(70)85/h5-55H,1-4H3. The lowest BCUT2D eigenvalue weighted by atomic mass is 9.70. The highest BCUT2D eigenvalue weighted by atomic mass is 15.2. The average Bonchev–Trinajstić information content (AvgIpc) is 1.53. The van der Waals surface area contributed by atoms with Crippen LogP contribution in [0.1, 0.15) is 72.2 Å². The van der Waals surface area contributed by atoms with Crippen LogP contribution < -0.4 is 14.7 Å². The van der Waals surface area contributed by atoms with Gasteiger partial charge in [0, 0.05) is 62.0 Å². The molecule has 1 spiro atoms. The summed E-state index contributed by atoms with van der Waals surface area (Å²) in [7, 11) is 0. The number of benzene rings is 13. The topological polar surface area (TPSA) is 9.72 Å². The van der Waals surface area contributed by atoms with Gasteiger partial charge in [-0.05, 0) is 209 Å². The van der Waals surface area contributed by atoms with Gasteiger partial charge in [0.1, 0.15) is 0 Å². The van der Waals surface area contributed by atoms with E-state index < -0.39 is 5.41 Å². The summed E-state index contributed by atoms with van der Waals surface area (Å²) in [4.78, 5) is 7.37. The maximum Gasteiger partial charge on any atom is 0.0726 e. The van der Waals surface area contributed by atoms with Gasteiger partial charge in [-0.3, -0.25) is 0 Å². The molecule has 0 radical (unpaired) electrons. The van der Waals surface area contributed by atoms with Crippen LogP contribution in [0.15, 0.2) is 309 Å². The third-order valence-corrected chi connectivity index (χ3v) is 19.8. The summed E-state index contributed by atoms with van der Waals surface area (Å²) >= 11 is 0. The van der Waals surface area contributed by atoms with Gasteiger partial charge >= 0.3 is 0 Å². The van der Waals surface area contributed by atoms with Gasteiger partial charge in [-0.15, -0.1) is 0 Å². The Morgan fingerprint density at radius 1 is 0.182 bits per heavy atom. The Morgan fingerprint density at radius 3 is 0.864 bits per heavy atom. The van der Waals surface area contributed by atoms with E-state index >= 15 is 0 Å². The van der Waals surface area contributed by atoms with Crippen LogP contribution >= 0.6 is 0 Å². The quantitative estimate of drug-likeness (QED) is 0.135. The second-order valence-corrected chi connectivity index (χ2v) is 25.2. The van der Waals surface area contributed by atoms with Crippen molar-refractivity contribution in [2.75, 3.05) is 14.7 Å².